The molecular formula is C11H21NO. The second-order valence-electron chi connectivity index (χ2n) is 4.84. The Morgan fingerprint density at radius 1 is 1.46 bits per heavy atom. The zero-order chi connectivity index (χ0) is 10.1. The molecule has 1 rings (SSSR count). The Kier molecular flexibility index (Phi) is 2.83. The van der Waals surface area contributed by atoms with Crippen molar-refractivity contribution in [2.75, 3.05) is 6.54 Å². The number of aliphatic hydroxyl groups is 1. The highest BCUT2D eigenvalue weighted by Crippen LogP contribution is 2.37. The van der Waals surface area contributed by atoms with Crippen LogP contribution in [0.1, 0.15) is 34.1 Å². The van der Waals surface area contributed by atoms with Crippen LogP contribution in [0.25, 0.3) is 0 Å². The molecule has 1 aliphatic heterocycles. The van der Waals surface area contributed by atoms with Gasteiger partial charge in [-0.05, 0) is 11.8 Å². The maximum atomic E-state index is 10.5. The molecule has 2 heteroatoms. The van der Waals surface area contributed by atoms with E-state index in [-0.39, 0.29) is 11.5 Å². The van der Waals surface area contributed by atoms with Crippen LogP contribution in [0.5, 0.6) is 0 Å². The molecule has 2 nitrogen and oxygen atoms in total. The Bertz CT molecular complexity index is 205. The van der Waals surface area contributed by atoms with Gasteiger partial charge in [-0.1, -0.05) is 39.8 Å². The van der Waals surface area contributed by atoms with Gasteiger partial charge < -0.3 is 10.4 Å². The Morgan fingerprint density at radius 3 is 2.38 bits per heavy atom. The molecular weight excluding hydrogens is 162 g/mol. The van der Waals surface area contributed by atoms with Gasteiger partial charge in [0.15, 0.2) is 0 Å². The van der Waals surface area contributed by atoms with Crippen molar-refractivity contribution >= 4 is 0 Å². The van der Waals surface area contributed by atoms with Crippen molar-refractivity contribution in [2.45, 2.75) is 45.8 Å². The van der Waals surface area contributed by atoms with E-state index in [9.17, 15) is 5.11 Å². The summed E-state index contributed by atoms with van der Waals surface area (Å²) < 4.78 is 0. The molecule has 0 fully saturated rings. The molecule has 0 saturated carbocycles. The van der Waals surface area contributed by atoms with Crippen molar-refractivity contribution in [3.63, 3.8) is 0 Å². The third-order valence-electron chi connectivity index (χ3n) is 3.14. The van der Waals surface area contributed by atoms with E-state index in [2.05, 4.69) is 38.2 Å². The molecule has 2 atom stereocenters. The zero-order valence-electron chi connectivity index (χ0n) is 9.09. The fraction of sp³-hybridized carbons (Fsp3) is 0.818. The molecule has 0 radical (unpaired) electrons. The van der Waals surface area contributed by atoms with E-state index < -0.39 is 5.60 Å². The Labute approximate surface area is 81.0 Å². The molecule has 0 bridgehead atoms. The second kappa shape index (κ2) is 3.43. The average Bonchev–Trinajstić information content (AvgIpc) is 2.52. The van der Waals surface area contributed by atoms with Crippen LogP contribution in [0, 0.1) is 5.41 Å². The lowest BCUT2D eigenvalue weighted by molar-refractivity contribution is -0.0759. The SMILES string of the molecule is CCC(O)(C1C=CCN1)C(C)(C)C. The first-order valence-corrected chi connectivity index (χ1v) is 5.04. The van der Waals surface area contributed by atoms with E-state index in [1.807, 2.05) is 6.92 Å². The van der Waals surface area contributed by atoms with E-state index in [1.165, 1.54) is 0 Å². The van der Waals surface area contributed by atoms with Gasteiger partial charge >= 0.3 is 0 Å². The third-order valence-corrected chi connectivity index (χ3v) is 3.14. The molecule has 0 aromatic rings. The lowest BCUT2D eigenvalue weighted by Crippen LogP contribution is -2.55. The lowest BCUT2D eigenvalue weighted by Gasteiger charge is -2.43. The number of rotatable bonds is 2. The van der Waals surface area contributed by atoms with Crippen molar-refractivity contribution in [3.8, 4) is 0 Å². The lowest BCUT2D eigenvalue weighted by atomic mass is 9.70. The van der Waals surface area contributed by atoms with Crippen LogP contribution in [-0.4, -0.2) is 23.3 Å². The number of hydrogen-bond acceptors (Lipinski definition) is 2. The van der Waals surface area contributed by atoms with Crippen LogP contribution < -0.4 is 5.32 Å². The fourth-order valence-electron chi connectivity index (χ4n) is 2.01. The van der Waals surface area contributed by atoms with Gasteiger partial charge in [0.25, 0.3) is 0 Å². The average molecular weight is 183 g/mol. The fourth-order valence-corrected chi connectivity index (χ4v) is 2.01. The molecule has 0 saturated heterocycles. The van der Waals surface area contributed by atoms with E-state index in [0.717, 1.165) is 13.0 Å². The smallest absolute Gasteiger partial charge is 0.0881 e. The minimum atomic E-state index is -0.639. The quantitative estimate of drug-likeness (QED) is 0.639. The molecule has 2 N–H and O–H groups in total. The van der Waals surface area contributed by atoms with Gasteiger partial charge in [0.2, 0.25) is 0 Å². The Morgan fingerprint density at radius 2 is 2.08 bits per heavy atom. The number of nitrogens with one attached hydrogen (secondary N) is 1. The first-order chi connectivity index (χ1) is 5.92. The molecule has 0 aromatic heterocycles. The highest BCUT2D eigenvalue weighted by molar-refractivity contribution is 5.13. The summed E-state index contributed by atoms with van der Waals surface area (Å²) in [6.07, 6.45) is 4.93. The molecule has 76 valence electrons. The maximum absolute atomic E-state index is 10.5. The van der Waals surface area contributed by atoms with Gasteiger partial charge in [-0.3, -0.25) is 0 Å². The minimum absolute atomic E-state index is 0.0892. The largest absolute Gasteiger partial charge is 0.387 e. The number of hydrogen-bond donors (Lipinski definition) is 2. The van der Waals surface area contributed by atoms with Crippen molar-refractivity contribution in [3.05, 3.63) is 12.2 Å². The molecule has 0 amide bonds. The van der Waals surface area contributed by atoms with Crippen LogP contribution in [0.15, 0.2) is 12.2 Å². The first kappa shape index (κ1) is 10.7. The van der Waals surface area contributed by atoms with Gasteiger partial charge in [0.1, 0.15) is 0 Å². The summed E-state index contributed by atoms with van der Waals surface area (Å²) in [5.74, 6) is 0. The summed E-state index contributed by atoms with van der Waals surface area (Å²) in [7, 11) is 0. The zero-order valence-corrected chi connectivity index (χ0v) is 9.09. The van der Waals surface area contributed by atoms with Crippen LogP contribution >= 0.6 is 0 Å². The molecule has 2 unspecified atom stereocenters. The molecule has 0 aliphatic carbocycles. The van der Waals surface area contributed by atoms with E-state index in [0.29, 0.717) is 0 Å². The predicted molar refractivity (Wildman–Crippen MR) is 55.6 cm³/mol. The van der Waals surface area contributed by atoms with Crippen molar-refractivity contribution in [1.82, 2.24) is 5.32 Å². The van der Waals surface area contributed by atoms with E-state index in [1.54, 1.807) is 0 Å². The molecule has 1 aliphatic rings. The Hall–Kier alpha value is -0.340. The Balaban J connectivity index is 2.86. The van der Waals surface area contributed by atoms with Crippen LogP contribution in [0.4, 0.5) is 0 Å². The highest BCUT2D eigenvalue weighted by Gasteiger charge is 2.44. The summed E-state index contributed by atoms with van der Waals surface area (Å²) >= 11 is 0. The van der Waals surface area contributed by atoms with Gasteiger partial charge in [-0.25, -0.2) is 0 Å². The van der Waals surface area contributed by atoms with Gasteiger partial charge in [-0.2, -0.15) is 0 Å². The molecule has 0 spiro atoms. The summed E-state index contributed by atoms with van der Waals surface area (Å²) in [6.45, 7) is 9.18. The van der Waals surface area contributed by atoms with Crippen LogP contribution in [0.2, 0.25) is 0 Å². The van der Waals surface area contributed by atoms with Crippen molar-refractivity contribution in [1.29, 1.82) is 0 Å². The second-order valence-corrected chi connectivity index (χ2v) is 4.84. The third kappa shape index (κ3) is 1.79. The monoisotopic (exact) mass is 183 g/mol. The van der Waals surface area contributed by atoms with E-state index in [4.69, 9.17) is 0 Å². The summed E-state index contributed by atoms with van der Waals surface area (Å²) in [5.41, 5.74) is -0.728. The van der Waals surface area contributed by atoms with Crippen LogP contribution in [-0.2, 0) is 0 Å². The van der Waals surface area contributed by atoms with Gasteiger partial charge in [0, 0.05) is 6.54 Å². The highest BCUT2D eigenvalue weighted by atomic mass is 16.3. The summed E-state index contributed by atoms with van der Waals surface area (Å²) in [6, 6.07) is 0.109. The minimum Gasteiger partial charge on any atom is -0.387 e. The normalized spacial score (nSPS) is 27.6. The molecule has 13 heavy (non-hydrogen) atoms. The van der Waals surface area contributed by atoms with Gasteiger partial charge in [0.05, 0.1) is 11.6 Å². The van der Waals surface area contributed by atoms with Crippen LogP contribution in [0.3, 0.4) is 0 Å². The maximum Gasteiger partial charge on any atom is 0.0881 e. The van der Waals surface area contributed by atoms with E-state index >= 15 is 0 Å². The summed E-state index contributed by atoms with van der Waals surface area (Å²) in [4.78, 5) is 0. The van der Waals surface area contributed by atoms with Crippen molar-refractivity contribution < 1.29 is 5.11 Å². The molecule has 1 heterocycles. The predicted octanol–water partition coefficient (Wildman–Crippen LogP) is 1.70. The standard InChI is InChI=1S/C11H21NO/c1-5-11(13,10(2,3)4)9-7-6-8-12-9/h6-7,9,12-13H,5,8H2,1-4H3. The van der Waals surface area contributed by atoms with Gasteiger partial charge in [-0.15, -0.1) is 0 Å². The summed E-state index contributed by atoms with van der Waals surface area (Å²) in [5, 5.41) is 13.8. The first-order valence-electron chi connectivity index (χ1n) is 5.04. The topological polar surface area (TPSA) is 32.3 Å². The van der Waals surface area contributed by atoms with Crippen molar-refractivity contribution in [2.24, 2.45) is 5.41 Å². The molecule has 0 aromatic carbocycles.